The number of piperidine rings is 1. The molecule has 1 atom stereocenters. The van der Waals surface area contributed by atoms with Crippen LogP contribution in [0.1, 0.15) is 62.1 Å². The van der Waals surface area contributed by atoms with Crippen LogP contribution in [0.2, 0.25) is 0 Å². The van der Waals surface area contributed by atoms with Gasteiger partial charge in [0, 0.05) is 37.4 Å². The standard InChI is InChI=1S/C36H43N5O3/c1-25-15-17-29(18-16-25)41-32(24-31(39-41)36(2,3)4)38-35(43)37-30-14-10-9-13-28(30)23-26-19-21-40(22-20-26)34(42)33(44-5)27-11-7-6-8-12-27/h6-18,24,26,33H,19-23H2,1-5H3,(H2,37,38,43). The summed E-state index contributed by atoms with van der Waals surface area (Å²) in [6, 6.07) is 27.3. The Bertz CT molecular complexity index is 1570. The summed E-state index contributed by atoms with van der Waals surface area (Å²) in [6.45, 7) is 9.73. The molecule has 1 aliphatic rings. The number of rotatable bonds is 8. The Kier molecular flexibility index (Phi) is 9.49. The Morgan fingerprint density at radius 3 is 2.25 bits per heavy atom. The van der Waals surface area contributed by atoms with Crippen molar-refractivity contribution in [3.8, 4) is 5.69 Å². The Balaban J connectivity index is 1.23. The molecule has 5 rings (SSSR count). The van der Waals surface area contributed by atoms with Gasteiger partial charge in [-0.15, -0.1) is 0 Å². The van der Waals surface area contributed by atoms with E-state index in [0.29, 0.717) is 24.8 Å². The number of nitrogens with zero attached hydrogens (tertiary/aromatic N) is 3. The van der Waals surface area contributed by atoms with E-state index < -0.39 is 6.10 Å². The van der Waals surface area contributed by atoms with Gasteiger partial charge < -0.3 is 15.0 Å². The lowest BCUT2D eigenvalue weighted by Crippen LogP contribution is -2.42. The largest absolute Gasteiger partial charge is 0.367 e. The van der Waals surface area contributed by atoms with Crippen LogP contribution in [0.25, 0.3) is 5.69 Å². The maximum Gasteiger partial charge on any atom is 0.324 e. The van der Waals surface area contributed by atoms with E-state index in [9.17, 15) is 9.59 Å². The molecule has 2 heterocycles. The first-order chi connectivity index (χ1) is 21.1. The lowest BCUT2D eigenvalue weighted by Gasteiger charge is -2.34. The number of urea groups is 1. The number of likely N-dealkylation sites (tertiary alicyclic amines) is 1. The number of nitrogens with one attached hydrogen (secondary N) is 2. The van der Waals surface area contributed by atoms with Crippen molar-refractivity contribution in [2.45, 2.75) is 58.5 Å². The molecule has 1 fully saturated rings. The van der Waals surface area contributed by atoms with E-state index in [1.54, 1.807) is 11.8 Å². The van der Waals surface area contributed by atoms with Gasteiger partial charge in [-0.25, -0.2) is 9.48 Å². The fourth-order valence-electron chi connectivity index (χ4n) is 5.65. The van der Waals surface area contributed by atoms with Crippen molar-refractivity contribution in [1.29, 1.82) is 0 Å². The summed E-state index contributed by atoms with van der Waals surface area (Å²) in [5.41, 5.74) is 5.48. The number of methoxy groups -OCH3 is 1. The third-order valence-corrected chi connectivity index (χ3v) is 8.26. The van der Waals surface area contributed by atoms with E-state index in [0.717, 1.165) is 53.0 Å². The van der Waals surface area contributed by atoms with Crippen molar-refractivity contribution in [3.05, 3.63) is 107 Å². The predicted octanol–water partition coefficient (Wildman–Crippen LogP) is 7.29. The number of hydrogen-bond acceptors (Lipinski definition) is 4. The summed E-state index contributed by atoms with van der Waals surface area (Å²) in [5, 5.41) is 10.9. The monoisotopic (exact) mass is 593 g/mol. The molecule has 0 radical (unpaired) electrons. The number of amides is 3. The molecule has 3 amide bonds. The van der Waals surface area contributed by atoms with Gasteiger partial charge in [-0.05, 0) is 61.4 Å². The van der Waals surface area contributed by atoms with Crippen molar-refractivity contribution >= 4 is 23.4 Å². The highest BCUT2D eigenvalue weighted by Crippen LogP contribution is 2.29. The fourth-order valence-corrected chi connectivity index (χ4v) is 5.65. The SMILES string of the molecule is COC(C(=O)N1CCC(Cc2ccccc2NC(=O)Nc2cc(C(C)(C)C)nn2-c2ccc(C)cc2)CC1)c1ccccc1. The number of carbonyl (C=O) groups is 2. The van der Waals surface area contributed by atoms with E-state index in [4.69, 9.17) is 9.84 Å². The summed E-state index contributed by atoms with van der Waals surface area (Å²) in [7, 11) is 1.59. The quantitative estimate of drug-likeness (QED) is 0.225. The molecule has 2 N–H and O–H groups in total. The van der Waals surface area contributed by atoms with Gasteiger partial charge in [-0.1, -0.05) is 87.0 Å². The second-order valence-electron chi connectivity index (χ2n) is 12.6. The van der Waals surface area contributed by atoms with E-state index in [1.165, 1.54) is 0 Å². The Morgan fingerprint density at radius 1 is 0.932 bits per heavy atom. The van der Waals surface area contributed by atoms with Crippen LogP contribution in [0, 0.1) is 12.8 Å². The molecule has 0 saturated carbocycles. The fraction of sp³-hybridized carbons (Fsp3) is 0.361. The van der Waals surface area contributed by atoms with E-state index in [2.05, 4.69) is 37.5 Å². The Hall–Kier alpha value is -4.43. The molecule has 4 aromatic rings. The molecular weight excluding hydrogens is 550 g/mol. The molecule has 0 bridgehead atoms. The van der Waals surface area contributed by atoms with Crippen LogP contribution in [-0.4, -0.2) is 46.8 Å². The first kappa shape index (κ1) is 31.0. The van der Waals surface area contributed by atoms with Gasteiger partial charge in [0.2, 0.25) is 0 Å². The lowest BCUT2D eigenvalue weighted by molar-refractivity contribution is -0.143. The topological polar surface area (TPSA) is 88.5 Å². The van der Waals surface area contributed by atoms with Crippen molar-refractivity contribution in [3.63, 3.8) is 0 Å². The van der Waals surface area contributed by atoms with Crippen LogP contribution in [0.15, 0.2) is 84.9 Å². The Labute approximate surface area is 260 Å². The molecule has 44 heavy (non-hydrogen) atoms. The first-order valence-electron chi connectivity index (χ1n) is 15.3. The highest BCUT2D eigenvalue weighted by atomic mass is 16.5. The van der Waals surface area contributed by atoms with Crippen LogP contribution in [-0.2, 0) is 21.4 Å². The highest BCUT2D eigenvalue weighted by Gasteiger charge is 2.30. The second-order valence-corrected chi connectivity index (χ2v) is 12.6. The van der Waals surface area contributed by atoms with Crippen LogP contribution in [0.3, 0.4) is 0 Å². The maximum atomic E-state index is 13.3. The molecular formula is C36H43N5O3. The molecule has 0 aliphatic carbocycles. The normalized spacial score (nSPS) is 14.7. The summed E-state index contributed by atoms with van der Waals surface area (Å²) in [4.78, 5) is 28.5. The lowest BCUT2D eigenvalue weighted by atomic mass is 9.89. The van der Waals surface area contributed by atoms with Crippen molar-refractivity contribution in [2.24, 2.45) is 5.92 Å². The van der Waals surface area contributed by atoms with Crippen molar-refractivity contribution in [2.75, 3.05) is 30.8 Å². The number of anilines is 2. The average molecular weight is 594 g/mol. The molecule has 1 aliphatic heterocycles. The van der Waals surface area contributed by atoms with Gasteiger partial charge >= 0.3 is 6.03 Å². The van der Waals surface area contributed by atoms with Gasteiger partial charge in [-0.3, -0.25) is 10.1 Å². The number of carbonyl (C=O) groups excluding carboxylic acids is 2. The minimum atomic E-state index is -0.585. The summed E-state index contributed by atoms with van der Waals surface area (Å²) in [5.74, 6) is 1.02. The number of para-hydroxylation sites is 1. The van der Waals surface area contributed by atoms with Crippen LogP contribution < -0.4 is 10.6 Å². The smallest absolute Gasteiger partial charge is 0.324 e. The molecule has 230 valence electrons. The Morgan fingerprint density at radius 2 is 1.59 bits per heavy atom. The number of aryl methyl sites for hydroxylation is 1. The van der Waals surface area contributed by atoms with Gasteiger partial charge in [0.15, 0.2) is 6.10 Å². The van der Waals surface area contributed by atoms with Crippen LogP contribution in [0.5, 0.6) is 0 Å². The molecule has 1 unspecified atom stereocenters. The summed E-state index contributed by atoms with van der Waals surface area (Å²) >= 11 is 0. The van der Waals surface area contributed by atoms with E-state index >= 15 is 0 Å². The zero-order valence-electron chi connectivity index (χ0n) is 26.3. The predicted molar refractivity (Wildman–Crippen MR) is 175 cm³/mol. The van der Waals surface area contributed by atoms with E-state index in [1.807, 2.05) is 90.7 Å². The molecule has 3 aromatic carbocycles. The third kappa shape index (κ3) is 7.37. The third-order valence-electron chi connectivity index (χ3n) is 8.26. The summed E-state index contributed by atoms with van der Waals surface area (Å²) < 4.78 is 7.37. The van der Waals surface area contributed by atoms with Gasteiger partial charge in [0.05, 0.1) is 11.4 Å². The van der Waals surface area contributed by atoms with E-state index in [-0.39, 0.29) is 17.4 Å². The zero-order valence-corrected chi connectivity index (χ0v) is 26.3. The molecule has 0 spiro atoms. The minimum Gasteiger partial charge on any atom is -0.367 e. The van der Waals surface area contributed by atoms with Gasteiger partial charge in [-0.2, -0.15) is 5.10 Å². The molecule has 8 heteroatoms. The number of hydrogen-bond donors (Lipinski definition) is 2. The average Bonchev–Trinajstić information content (AvgIpc) is 3.44. The number of benzene rings is 3. The molecule has 1 saturated heterocycles. The number of aromatic nitrogens is 2. The van der Waals surface area contributed by atoms with Crippen LogP contribution in [0.4, 0.5) is 16.3 Å². The van der Waals surface area contributed by atoms with Gasteiger partial charge in [0.1, 0.15) is 5.82 Å². The van der Waals surface area contributed by atoms with Crippen LogP contribution >= 0.6 is 0 Å². The maximum absolute atomic E-state index is 13.3. The highest BCUT2D eigenvalue weighted by molar-refractivity contribution is 6.00. The molecule has 8 nitrogen and oxygen atoms in total. The first-order valence-corrected chi connectivity index (χ1v) is 15.3. The number of ether oxygens (including phenoxy) is 1. The summed E-state index contributed by atoms with van der Waals surface area (Å²) in [6.07, 6.45) is 2.02. The second kappa shape index (κ2) is 13.5. The minimum absolute atomic E-state index is 0.00961. The van der Waals surface area contributed by atoms with Crippen molar-refractivity contribution < 1.29 is 14.3 Å². The molecule has 1 aromatic heterocycles. The zero-order chi connectivity index (χ0) is 31.3. The van der Waals surface area contributed by atoms with Gasteiger partial charge in [0.25, 0.3) is 5.91 Å². The van der Waals surface area contributed by atoms with Crippen molar-refractivity contribution in [1.82, 2.24) is 14.7 Å².